The van der Waals surface area contributed by atoms with E-state index < -0.39 is 17.6 Å². The fourth-order valence-electron chi connectivity index (χ4n) is 2.48. The average Bonchev–Trinajstić information content (AvgIpc) is 2.62. The summed E-state index contributed by atoms with van der Waals surface area (Å²) in [6.45, 7) is 5.76. The number of rotatable bonds is 2. The second-order valence-electron chi connectivity index (χ2n) is 5.18. The number of benzene rings is 1. The number of hydrogen-bond donors (Lipinski definition) is 1. The van der Waals surface area contributed by atoms with Crippen LogP contribution in [0, 0.1) is 6.92 Å². The van der Waals surface area contributed by atoms with Crippen molar-refractivity contribution in [1.82, 2.24) is 14.5 Å². The maximum Gasteiger partial charge on any atom is 0.433 e. The van der Waals surface area contributed by atoms with Crippen LogP contribution in [0.15, 0.2) is 41.2 Å². The zero-order chi connectivity index (χ0) is 19.5. The van der Waals surface area contributed by atoms with Crippen molar-refractivity contribution in [1.29, 1.82) is 0 Å². The number of pyridine rings is 1. The summed E-state index contributed by atoms with van der Waals surface area (Å²) < 4.78 is 40.2. The predicted molar refractivity (Wildman–Crippen MR) is 100 cm³/mol. The lowest BCUT2D eigenvalue weighted by Gasteiger charge is -2.15. The van der Waals surface area contributed by atoms with Crippen molar-refractivity contribution >= 4 is 16.9 Å². The molecule has 0 aliphatic carbocycles. The summed E-state index contributed by atoms with van der Waals surface area (Å²) in [5.74, 6) is 0.182. The van der Waals surface area contributed by atoms with Gasteiger partial charge in [0, 0.05) is 8.47 Å². The Balaban J connectivity index is 0.00000177. The van der Waals surface area contributed by atoms with E-state index in [-0.39, 0.29) is 17.6 Å². The van der Waals surface area contributed by atoms with Crippen molar-refractivity contribution in [3.8, 4) is 5.69 Å². The molecule has 0 fully saturated rings. The van der Waals surface area contributed by atoms with E-state index in [4.69, 9.17) is 0 Å². The van der Waals surface area contributed by atoms with Crippen molar-refractivity contribution in [3.05, 3.63) is 58.1 Å². The molecule has 5 nitrogen and oxygen atoms in total. The molecular weight excluding hydrogens is 364 g/mol. The van der Waals surface area contributed by atoms with Gasteiger partial charge < -0.3 is 5.32 Å². The summed E-state index contributed by atoms with van der Waals surface area (Å²) in [6, 6.07) is 9.00. The molecule has 3 rings (SSSR count). The van der Waals surface area contributed by atoms with Gasteiger partial charge in [0.15, 0.2) is 5.65 Å². The Labute approximate surface area is 154 Å². The third-order valence-electron chi connectivity index (χ3n) is 3.62. The van der Waals surface area contributed by atoms with E-state index in [1.54, 1.807) is 31.2 Å². The van der Waals surface area contributed by atoms with Crippen LogP contribution in [0.1, 0.15) is 26.5 Å². The van der Waals surface area contributed by atoms with Crippen LogP contribution in [-0.4, -0.2) is 21.6 Å². The normalized spacial score (nSPS) is 10.6. The Hall–Kier alpha value is -2.97. The third kappa shape index (κ3) is 4.24. The highest BCUT2D eigenvalue weighted by Crippen LogP contribution is 2.30. The number of fused-ring (bicyclic) bond motifs is 1. The second kappa shape index (κ2) is 8.61. The molecule has 0 spiro atoms. The molecule has 0 amide bonds. The summed E-state index contributed by atoms with van der Waals surface area (Å²) in [4.78, 5) is 20.0. The zero-order valence-electron chi connectivity index (χ0n) is 15.3. The number of nitrogens with zero attached hydrogens (tertiary/aromatic N) is 3. The van der Waals surface area contributed by atoms with Crippen LogP contribution in [0.5, 0.6) is 0 Å². The topological polar surface area (TPSA) is 59.8 Å². The monoisotopic (exact) mass is 386 g/mol. The van der Waals surface area contributed by atoms with Crippen LogP contribution in [-0.2, 0) is 6.18 Å². The minimum Gasteiger partial charge on any atom is -0.372 e. The minimum atomic E-state index is -4.61. The van der Waals surface area contributed by atoms with Gasteiger partial charge in [-0.1, -0.05) is 32.0 Å². The van der Waals surface area contributed by atoms with Crippen LogP contribution in [0.3, 0.4) is 0 Å². The molecule has 0 saturated carbocycles. The highest BCUT2D eigenvalue weighted by molar-refractivity contribution is 5.87. The highest BCUT2D eigenvalue weighted by Gasteiger charge is 2.33. The number of para-hydroxylation sites is 1. The molecule has 0 unspecified atom stereocenters. The van der Waals surface area contributed by atoms with Crippen LogP contribution in [0.2, 0.25) is 0 Å². The standard InChI is InChI=1S/C16H13F3N4O.C2H6.FH.H2/c1-9-5-3-4-6-11(9)23-14-10(13(20-2)22-15(23)24)7-8-12(21-14)16(17,18)19;1-2;;/h3-8H,1-2H3,(H,20,22,24);1-2H3;2*1H. The van der Waals surface area contributed by atoms with E-state index in [1.807, 2.05) is 13.8 Å². The molecule has 0 bridgehead atoms. The number of alkyl halides is 3. The van der Waals surface area contributed by atoms with Gasteiger partial charge in [0.25, 0.3) is 0 Å². The zero-order valence-corrected chi connectivity index (χ0v) is 15.3. The summed E-state index contributed by atoms with van der Waals surface area (Å²) >= 11 is 0. The van der Waals surface area contributed by atoms with Gasteiger partial charge in [-0.2, -0.15) is 18.2 Å². The van der Waals surface area contributed by atoms with Crippen molar-refractivity contribution < 1.29 is 19.3 Å². The first-order valence-corrected chi connectivity index (χ1v) is 8.07. The Morgan fingerprint density at radius 1 is 1.07 bits per heavy atom. The number of anilines is 1. The molecule has 0 atom stereocenters. The van der Waals surface area contributed by atoms with Gasteiger partial charge in [-0.15, -0.1) is 0 Å². The maximum absolute atomic E-state index is 13.0. The summed E-state index contributed by atoms with van der Waals surface area (Å²) in [7, 11) is 1.54. The van der Waals surface area contributed by atoms with Crippen molar-refractivity contribution in [2.45, 2.75) is 26.9 Å². The molecule has 9 heteroatoms. The van der Waals surface area contributed by atoms with E-state index in [0.717, 1.165) is 16.2 Å². The average molecular weight is 386 g/mol. The molecule has 0 aliphatic rings. The van der Waals surface area contributed by atoms with Crippen LogP contribution < -0.4 is 11.0 Å². The van der Waals surface area contributed by atoms with Gasteiger partial charge in [0.05, 0.1) is 11.1 Å². The van der Waals surface area contributed by atoms with E-state index in [9.17, 15) is 18.0 Å². The first-order valence-electron chi connectivity index (χ1n) is 8.07. The quantitative estimate of drug-likeness (QED) is 0.655. The predicted octanol–water partition coefficient (Wildman–Crippen LogP) is 4.57. The van der Waals surface area contributed by atoms with Crippen LogP contribution >= 0.6 is 0 Å². The lowest BCUT2D eigenvalue weighted by atomic mass is 10.2. The van der Waals surface area contributed by atoms with Crippen molar-refractivity contribution in [2.75, 3.05) is 12.4 Å². The van der Waals surface area contributed by atoms with E-state index in [2.05, 4.69) is 15.3 Å². The fraction of sp³-hybridized carbons (Fsp3) is 0.278. The van der Waals surface area contributed by atoms with Gasteiger partial charge in [-0.25, -0.2) is 14.3 Å². The molecule has 1 N–H and O–H groups in total. The first-order chi connectivity index (χ1) is 12.3. The van der Waals surface area contributed by atoms with Gasteiger partial charge in [-0.3, -0.25) is 4.70 Å². The van der Waals surface area contributed by atoms with Gasteiger partial charge in [-0.05, 0) is 30.7 Å². The Morgan fingerprint density at radius 2 is 1.70 bits per heavy atom. The van der Waals surface area contributed by atoms with E-state index in [1.165, 1.54) is 13.1 Å². The number of halogens is 4. The lowest BCUT2D eigenvalue weighted by Crippen LogP contribution is -2.25. The summed E-state index contributed by atoms with van der Waals surface area (Å²) in [5, 5.41) is 3.04. The number of nitrogens with one attached hydrogen (secondary N) is 1. The molecule has 27 heavy (non-hydrogen) atoms. The number of hydrogen-bond acceptors (Lipinski definition) is 4. The molecule has 2 aromatic heterocycles. The van der Waals surface area contributed by atoms with Gasteiger partial charge in [0.2, 0.25) is 0 Å². The Bertz CT molecular complexity index is 989. The Kier molecular flexibility index (Phi) is 7.04. The second-order valence-corrected chi connectivity index (χ2v) is 5.18. The van der Waals surface area contributed by atoms with Crippen LogP contribution in [0.4, 0.5) is 23.7 Å². The number of aryl methyl sites for hydroxylation is 1. The van der Waals surface area contributed by atoms with Gasteiger partial charge >= 0.3 is 11.9 Å². The van der Waals surface area contributed by atoms with Crippen molar-refractivity contribution in [3.63, 3.8) is 0 Å². The van der Waals surface area contributed by atoms with Crippen LogP contribution in [0.25, 0.3) is 16.7 Å². The third-order valence-corrected chi connectivity index (χ3v) is 3.62. The summed E-state index contributed by atoms with van der Waals surface area (Å²) in [5.41, 5.74) is -0.699. The smallest absolute Gasteiger partial charge is 0.372 e. The van der Waals surface area contributed by atoms with Crippen molar-refractivity contribution in [2.24, 2.45) is 0 Å². The molecule has 3 aromatic rings. The molecule has 0 aliphatic heterocycles. The SMILES string of the molecule is CC.CNc1nc(=O)n(-c2ccccc2C)c2nc(C(F)(F)F)ccc12.F.[HH]. The molecular formula is C18H22F4N4O. The van der Waals surface area contributed by atoms with E-state index in [0.29, 0.717) is 11.1 Å². The minimum absolute atomic E-state index is 0. The molecule has 2 heterocycles. The molecule has 1 aromatic carbocycles. The molecule has 0 radical (unpaired) electrons. The van der Waals surface area contributed by atoms with Gasteiger partial charge in [0.1, 0.15) is 11.5 Å². The largest absolute Gasteiger partial charge is 0.433 e. The molecule has 148 valence electrons. The first kappa shape index (κ1) is 22.1. The molecule has 0 saturated heterocycles. The lowest BCUT2D eigenvalue weighted by molar-refractivity contribution is -0.141. The van der Waals surface area contributed by atoms with E-state index >= 15 is 0 Å². The fourth-order valence-corrected chi connectivity index (χ4v) is 2.48. The maximum atomic E-state index is 13.0. The summed E-state index contributed by atoms with van der Waals surface area (Å²) in [6.07, 6.45) is -4.61. The number of aromatic nitrogens is 3. The highest BCUT2D eigenvalue weighted by atomic mass is 19.4. The Morgan fingerprint density at radius 3 is 2.26 bits per heavy atom.